The predicted molar refractivity (Wildman–Crippen MR) is 96.2 cm³/mol. The monoisotopic (exact) mass is 393 g/mol. The lowest BCUT2D eigenvalue weighted by molar-refractivity contribution is 0.0443. The first kappa shape index (κ1) is 19.0. The highest BCUT2D eigenvalue weighted by Gasteiger charge is 2.27. The van der Waals surface area contributed by atoms with Crippen LogP contribution in [0.1, 0.15) is 37.8 Å². The average molecular weight is 393 g/mol. The second-order valence-corrected chi connectivity index (χ2v) is 8.09. The molecule has 9 heteroatoms. The third-order valence-electron chi connectivity index (χ3n) is 4.29. The van der Waals surface area contributed by atoms with Crippen LogP contribution in [0.4, 0.5) is 5.69 Å². The van der Waals surface area contributed by atoms with Crippen LogP contribution in [0, 0.1) is 6.92 Å². The van der Waals surface area contributed by atoms with Gasteiger partial charge in [-0.15, -0.1) is 0 Å². The van der Waals surface area contributed by atoms with E-state index >= 15 is 0 Å². The van der Waals surface area contributed by atoms with Gasteiger partial charge < -0.3 is 13.9 Å². The molecule has 0 aliphatic carbocycles. The highest BCUT2D eigenvalue weighted by Crippen LogP contribution is 2.31. The molecule has 8 nitrogen and oxygen atoms in total. The van der Waals surface area contributed by atoms with Gasteiger partial charge >= 0.3 is 11.9 Å². The van der Waals surface area contributed by atoms with Crippen molar-refractivity contribution in [1.29, 1.82) is 0 Å². The van der Waals surface area contributed by atoms with E-state index < -0.39 is 22.0 Å². The van der Waals surface area contributed by atoms with Gasteiger partial charge in [0.2, 0.25) is 10.0 Å². The molecule has 3 rings (SSSR count). The first-order valence-corrected chi connectivity index (χ1v) is 10.0. The van der Waals surface area contributed by atoms with Gasteiger partial charge in [0, 0.05) is 6.54 Å². The average Bonchev–Trinajstić information content (AvgIpc) is 3.21. The van der Waals surface area contributed by atoms with E-state index in [1.807, 2.05) is 0 Å². The summed E-state index contributed by atoms with van der Waals surface area (Å²) in [5.41, 5.74) is 1.96. The minimum atomic E-state index is -3.34. The smallest absolute Gasteiger partial charge is 0.341 e. The molecule has 1 aromatic carbocycles. The van der Waals surface area contributed by atoms with Crippen LogP contribution in [0.3, 0.4) is 0 Å². The zero-order valence-corrected chi connectivity index (χ0v) is 16.0. The fraction of sp³-hybridized carbons (Fsp3) is 0.333. The van der Waals surface area contributed by atoms with Gasteiger partial charge in [-0.1, -0.05) is 0 Å². The number of methoxy groups -OCH3 is 1. The van der Waals surface area contributed by atoms with Crippen LogP contribution in [0.5, 0.6) is 0 Å². The number of carbonyl (C=O) groups excluding carboxylic acids is 2. The van der Waals surface area contributed by atoms with Crippen molar-refractivity contribution in [2.75, 3.05) is 24.2 Å². The summed E-state index contributed by atoms with van der Waals surface area (Å²) in [7, 11) is -2.07. The van der Waals surface area contributed by atoms with Crippen molar-refractivity contribution < 1.29 is 31.9 Å². The predicted octanol–water partition coefficient (Wildman–Crippen LogP) is 2.05. The summed E-state index contributed by atoms with van der Waals surface area (Å²) < 4.78 is 40.1. The van der Waals surface area contributed by atoms with Crippen LogP contribution in [0.25, 0.3) is 0 Å². The molecule has 2 heterocycles. The molecule has 1 aliphatic heterocycles. The second kappa shape index (κ2) is 7.07. The minimum Gasteiger partial charge on any atom is -0.465 e. The minimum absolute atomic E-state index is 0.136. The molecule has 0 unspecified atom stereocenters. The first-order chi connectivity index (χ1) is 12.7. The number of hydrogen-bond acceptors (Lipinski definition) is 7. The number of benzene rings is 1. The Morgan fingerprint density at radius 3 is 2.63 bits per heavy atom. The zero-order valence-electron chi connectivity index (χ0n) is 15.1. The molecule has 144 valence electrons. The van der Waals surface area contributed by atoms with Gasteiger partial charge in [0.1, 0.15) is 23.7 Å². The molecular formula is C18H19NO7S. The third kappa shape index (κ3) is 3.82. The second-order valence-electron chi connectivity index (χ2n) is 6.18. The summed E-state index contributed by atoms with van der Waals surface area (Å²) in [4.78, 5) is 23.9. The van der Waals surface area contributed by atoms with E-state index in [2.05, 4.69) is 4.74 Å². The number of carbonyl (C=O) groups is 2. The maximum absolute atomic E-state index is 12.3. The molecular weight excluding hydrogens is 374 g/mol. The van der Waals surface area contributed by atoms with Crippen LogP contribution >= 0.6 is 0 Å². The number of nitrogens with zero attached hydrogens (tertiary/aromatic N) is 1. The number of sulfonamides is 1. The number of anilines is 1. The molecule has 2 aromatic rings. The van der Waals surface area contributed by atoms with Gasteiger partial charge in [0.25, 0.3) is 0 Å². The fourth-order valence-electron chi connectivity index (χ4n) is 2.99. The van der Waals surface area contributed by atoms with Crippen molar-refractivity contribution in [3.63, 3.8) is 0 Å². The molecule has 0 saturated heterocycles. The quantitative estimate of drug-likeness (QED) is 0.716. The van der Waals surface area contributed by atoms with Crippen molar-refractivity contribution in [1.82, 2.24) is 0 Å². The summed E-state index contributed by atoms with van der Waals surface area (Å²) in [5.74, 6) is -0.385. The number of fused-ring (bicyclic) bond motifs is 1. The summed E-state index contributed by atoms with van der Waals surface area (Å²) >= 11 is 0. The van der Waals surface area contributed by atoms with Crippen LogP contribution in [-0.2, 0) is 32.5 Å². The Labute approximate surface area is 156 Å². The Morgan fingerprint density at radius 1 is 1.22 bits per heavy atom. The maximum atomic E-state index is 12.3. The van der Waals surface area contributed by atoms with Gasteiger partial charge in [-0.3, -0.25) is 4.31 Å². The summed E-state index contributed by atoms with van der Waals surface area (Å²) in [6.45, 7) is 1.84. The molecule has 0 atom stereocenters. The van der Waals surface area contributed by atoms with Crippen LogP contribution in [-0.4, -0.2) is 40.3 Å². The van der Waals surface area contributed by atoms with Crippen molar-refractivity contribution in [3.05, 3.63) is 52.5 Å². The molecule has 27 heavy (non-hydrogen) atoms. The van der Waals surface area contributed by atoms with Gasteiger partial charge in [0.15, 0.2) is 0 Å². The van der Waals surface area contributed by atoms with Gasteiger partial charge in [0.05, 0.1) is 24.6 Å². The number of aryl methyl sites for hydroxylation is 1. The van der Waals surface area contributed by atoms with Gasteiger partial charge in [-0.2, -0.15) is 0 Å². The third-order valence-corrected chi connectivity index (χ3v) is 5.47. The highest BCUT2D eigenvalue weighted by molar-refractivity contribution is 7.92. The Hall–Kier alpha value is -2.81. The number of hydrogen-bond donors (Lipinski definition) is 0. The zero-order chi connectivity index (χ0) is 19.8. The van der Waals surface area contributed by atoms with Crippen LogP contribution in [0.15, 0.2) is 28.7 Å². The van der Waals surface area contributed by atoms with Gasteiger partial charge in [-0.05, 0) is 43.2 Å². The molecule has 0 amide bonds. The number of rotatable bonds is 5. The number of esters is 2. The van der Waals surface area contributed by atoms with E-state index in [-0.39, 0.29) is 12.2 Å². The molecule has 0 bridgehead atoms. The van der Waals surface area contributed by atoms with Crippen molar-refractivity contribution in [2.45, 2.75) is 20.0 Å². The van der Waals surface area contributed by atoms with Gasteiger partial charge in [-0.25, -0.2) is 18.0 Å². The molecule has 0 radical (unpaired) electrons. The summed E-state index contributed by atoms with van der Waals surface area (Å²) in [6.07, 6.45) is 1.68. The lowest BCUT2D eigenvalue weighted by Gasteiger charge is -2.16. The van der Waals surface area contributed by atoms with Crippen LogP contribution < -0.4 is 4.31 Å². The normalized spacial score (nSPS) is 13.4. The SMILES string of the molecule is COC(=O)c1cc(COC(=O)c2ccc3c(c2)CCN3S(C)(=O)=O)oc1C. The molecule has 0 fully saturated rings. The lowest BCUT2D eigenvalue weighted by atomic mass is 10.1. The number of ether oxygens (including phenoxy) is 2. The fourth-order valence-corrected chi connectivity index (χ4v) is 3.95. The largest absolute Gasteiger partial charge is 0.465 e. The molecule has 0 saturated carbocycles. The van der Waals surface area contributed by atoms with E-state index in [9.17, 15) is 18.0 Å². The molecule has 0 N–H and O–H groups in total. The van der Waals surface area contributed by atoms with E-state index in [0.29, 0.717) is 35.7 Å². The highest BCUT2D eigenvalue weighted by atomic mass is 32.2. The van der Waals surface area contributed by atoms with Crippen LogP contribution in [0.2, 0.25) is 0 Å². The molecule has 0 spiro atoms. The molecule has 1 aliphatic rings. The molecule has 1 aromatic heterocycles. The van der Waals surface area contributed by atoms with E-state index in [1.54, 1.807) is 19.1 Å². The van der Waals surface area contributed by atoms with E-state index in [4.69, 9.17) is 9.15 Å². The Kier molecular flexibility index (Phi) is 4.97. The van der Waals surface area contributed by atoms with Crippen molar-refractivity contribution in [3.8, 4) is 0 Å². The Bertz CT molecular complexity index is 1010. The van der Waals surface area contributed by atoms with Crippen molar-refractivity contribution >= 4 is 27.6 Å². The summed E-state index contributed by atoms with van der Waals surface area (Å²) in [6, 6.07) is 6.24. The lowest BCUT2D eigenvalue weighted by Crippen LogP contribution is -2.27. The first-order valence-electron chi connectivity index (χ1n) is 8.16. The topological polar surface area (TPSA) is 103 Å². The summed E-state index contributed by atoms with van der Waals surface area (Å²) in [5, 5.41) is 0. The van der Waals surface area contributed by atoms with E-state index in [0.717, 1.165) is 11.8 Å². The Morgan fingerprint density at radius 2 is 1.96 bits per heavy atom. The standard InChI is InChI=1S/C18H19NO7S/c1-11-15(18(21)24-2)9-14(26-11)10-25-17(20)13-4-5-16-12(8-13)6-7-19(16)27(3,22)23/h4-5,8-9H,6-7,10H2,1-3H3. The Balaban J connectivity index is 1.70. The number of furan rings is 1. The van der Waals surface area contributed by atoms with E-state index in [1.165, 1.54) is 23.5 Å². The maximum Gasteiger partial charge on any atom is 0.341 e. The van der Waals surface area contributed by atoms with Crippen molar-refractivity contribution in [2.24, 2.45) is 0 Å².